The molecule has 0 amide bonds. The maximum absolute atomic E-state index is 13.1. The first-order valence-corrected chi connectivity index (χ1v) is 9.92. The van der Waals surface area contributed by atoms with Crippen LogP contribution in [0.15, 0.2) is 85.9 Å². The molecule has 160 valence electrons. The predicted molar refractivity (Wildman–Crippen MR) is 121 cm³/mol. The Labute approximate surface area is 182 Å². The van der Waals surface area contributed by atoms with E-state index in [1.54, 1.807) is 24.3 Å². The minimum atomic E-state index is -0.626. The molecule has 32 heavy (non-hydrogen) atoms. The van der Waals surface area contributed by atoms with E-state index in [9.17, 15) is 19.2 Å². The third-order valence-corrected chi connectivity index (χ3v) is 5.23. The summed E-state index contributed by atoms with van der Waals surface area (Å²) in [5, 5.41) is 0.179. The van der Waals surface area contributed by atoms with Crippen LogP contribution in [0.5, 0.6) is 11.5 Å². The lowest BCUT2D eigenvalue weighted by Gasteiger charge is -2.08. The summed E-state index contributed by atoms with van der Waals surface area (Å²) in [4.78, 5) is 50.6. The molecule has 2 aromatic rings. The number of aromatic nitrogens is 2. The smallest absolute Gasteiger partial charge is 0.261 e. The van der Waals surface area contributed by atoms with Crippen molar-refractivity contribution >= 4 is 0 Å². The van der Waals surface area contributed by atoms with Crippen LogP contribution in [-0.2, 0) is 7.05 Å². The lowest BCUT2D eigenvalue weighted by Crippen LogP contribution is -2.29. The van der Waals surface area contributed by atoms with Crippen LogP contribution in [0.3, 0.4) is 0 Å². The molecule has 2 aliphatic rings. The zero-order valence-corrected chi connectivity index (χ0v) is 17.8. The summed E-state index contributed by atoms with van der Waals surface area (Å²) in [6.45, 7) is 3.49. The maximum Gasteiger partial charge on any atom is 0.261 e. The number of aryl methyl sites for hydroxylation is 2. The van der Waals surface area contributed by atoms with E-state index >= 15 is 0 Å². The average Bonchev–Trinajstić information content (AvgIpc) is 3.00. The van der Waals surface area contributed by atoms with Gasteiger partial charge in [0.15, 0.2) is 0 Å². The van der Waals surface area contributed by atoms with Crippen molar-refractivity contribution < 1.29 is 4.74 Å². The summed E-state index contributed by atoms with van der Waals surface area (Å²) in [6.07, 6.45) is 0. The summed E-state index contributed by atoms with van der Waals surface area (Å²) in [5.41, 5.74) is -0.632. The van der Waals surface area contributed by atoms with E-state index in [-0.39, 0.29) is 16.0 Å². The number of hydrogen-bond donors (Lipinski definition) is 0. The van der Waals surface area contributed by atoms with Gasteiger partial charge in [0, 0.05) is 18.7 Å². The molecule has 4 rings (SSSR count). The molecule has 0 saturated heterocycles. The van der Waals surface area contributed by atoms with E-state index in [1.807, 2.05) is 31.2 Å². The van der Waals surface area contributed by atoms with Crippen molar-refractivity contribution in [3.05, 3.63) is 130 Å². The molecular formula is C25H20N2O5. The van der Waals surface area contributed by atoms with Gasteiger partial charge in [-0.1, -0.05) is 17.7 Å². The topological polar surface area (TPSA) is 87.4 Å². The first-order valence-electron chi connectivity index (χ1n) is 9.92. The number of rotatable bonds is 3. The van der Waals surface area contributed by atoms with E-state index in [2.05, 4.69) is 0 Å². The minimum absolute atomic E-state index is 0.0849. The van der Waals surface area contributed by atoms with Crippen LogP contribution in [0, 0.1) is 24.3 Å². The fourth-order valence-corrected chi connectivity index (χ4v) is 3.42. The third kappa shape index (κ3) is 3.76. The van der Waals surface area contributed by atoms with Gasteiger partial charge in [0.05, 0.1) is 16.1 Å². The number of nitrogens with zero attached hydrogens (tertiary/aromatic N) is 2. The van der Waals surface area contributed by atoms with Crippen molar-refractivity contribution in [2.24, 2.45) is 7.05 Å². The highest BCUT2D eigenvalue weighted by atomic mass is 16.5. The highest BCUT2D eigenvalue weighted by molar-refractivity contribution is 5.40. The van der Waals surface area contributed by atoms with Gasteiger partial charge in [-0.3, -0.25) is 23.7 Å². The molecule has 0 aromatic heterocycles. The Morgan fingerprint density at radius 1 is 0.656 bits per heavy atom. The first-order chi connectivity index (χ1) is 15.3. The molecule has 0 saturated carbocycles. The minimum Gasteiger partial charge on any atom is -0.457 e. The molecular weight excluding hydrogens is 408 g/mol. The van der Waals surface area contributed by atoms with Gasteiger partial charge in [0.2, 0.25) is 0 Å². The highest BCUT2D eigenvalue weighted by Crippen LogP contribution is 2.22. The second kappa shape index (κ2) is 8.11. The molecule has 2 heterocycles. The van der Waals surface area contributed by atoms with E-state index in [0.29, 0.717) is 17.2 Å². The van der Waals surface area contributed by atoms with Crippen molar-refractivity contribution in [1.82, 2.24) is 9.13 Å². The summed E-state index contributed by atoms with van der Waals surface area (Å²) in [7, 11) is 1.36. The Kier molecular flexibility index (Phi) is 5.32. The molecule has 0 spiro atoms. The molecule has 2 aromatic carbocycles. The van der Waals surface area contributed by atoms with E-state index < -0.39 is 22.2 Å². The second-order valence-corrected chi connectivity index (χ2v) is 7.55. The summed E-state index contributed by atoms with van der Waals surface area (Å²) in [5.74, 6) is 1.21. The average molecular weight is 428 g/mol. The van der Waals surface area contributed by atoms with E-state index in [0.717, 1.165) is 20.8 Å². The van der Waals surface area contributed by atoms with E-state index in [1.165, 1.54) is 26.1 Å². The van der Waals surface area contributed by atoms with Crippen LogP contribution in [0.4, 0.5) is 0 Å². The summed E-state index contributed by atoms with van der Waals surface area (Å²) >= 11 is 0. The zero-order valence-electron chi connectivity index (χ0n) is 17.8. The monoisotopic (exact) mass is 428 g/mol. The van der Waals surface area contributed by atoms with Crippen LogP contribution in [0.2, 0.25) is 0 Å². The van der Waals surface area contributed by atoms with Gasteiger partial charge < -0.3 is 4.74 Å². The van der Waals surface area contributed by atoms with Crippen molar-refractivity contribution in [2.45, 2.75) is 13.8 Å². The molecule has 0 unspecified atom stereocenters. The molecule has 0 fully saturated rings. The fourth-order valence-electron chi connectivity index (χ4n) is 3.42. The van der Waals surface area contributed by atoms with Gasteiger partial charge >= 0.3 is 0 Å². The Bertz CT molecular complexity index is 1630. The zero-order chi connectivity index (χ0) is 23.0. The molecule has 2 aliphatic heterocycles. The van der Waals surface area contributed by atoms with E-state index in [4.69, 9.17) is 4.74 Å². The Hall–Kier alpha value is -4.26. The molecule has 7 nitrogen and oxygen atoms in total. The largest absolute Gasteiger partial charge is 0.457 e. The van der Waals surface area contributed by atoms with Gasteiger partial charge in [-0.25, -0.2) is 4.57 Å². The van der Waals surface area contributed by atoms with Gasteiger partial charge in [-0.2, -0.15) is 0 Å². The molecule has 0 aliphatic carbocycles. The van der Waals surface area contributed by atoms with Crippen molar-refractivity contribution in [3.8, 4) is 17.2 Å². The van der Waals surface area contributed by atoms with Crippen molar-refractivity contribution in [1.29, 1.82) is 0 Å². The lowest BCUT2D eigenvalue weighted by molar-refractivity contribution is 0.482. The molecule has 0 N–H and O–H groups in total. The van der Waals surface area contributed by atoms with Crippen LogP contribution in [0.25, 0.3) is 5.69 Å². The van der Waals surface area contributed by atoms with Gasteiger partial charge in [-0.15, -0.1) is 0 Å². The molecule has 0 radical (unpaired) electrons. The quantitative estimate of drug-likeness (QED) is 0.500. The van der Waals surface area contributed by atoms with Crippen molar-refractivity contribution in [3.63, 3.8) is 0 Å². The van der Waals surface area contributed by atoms with Crippen molar-refractivity contribution in [2.75, 3.05) is 0 Å². The Balaban J connectivity index is 1.85. The normalized spacial score (nSPS) is 10.8. The maximum atomic E-state index is 13.1. The summed E-state index contributed by atoms with van der Waals surface area (Å²) < 4.78 is 7.76. The molecule has 0 atom stereocenters. The SMILES string of the molecule is Cc1ccc(Oc2ccc(-n3c(=O)ccc4c(=O)n(C)c(=O)c=4cc(C)c3=O)cc2)cc1. The predicted octanol–water partition coefficient (Wildman–Crippen LogP) is 2.39. The van der Waals surface area contributed by atoms with Crippen LogP contribution in [-0.4, -0.2) is 9.13 Å². The standard InChI is InChI=1S/C25H20N2O5/c1-15-4-8-18(9-5-15)32-19-10-6-17(7-11-19)27-22(28)13-12-20-21(14-16(2)23(27)29)25(31)26(3)24(20)30/h4-14H,1-3H3. The number of ether oxygens (including phenoxy) is 1. The van der Waals surface area contributed by atoms with Gasteiger partial charge in [-0.05, 0) is 62.4 Å². The third-order valence-electron chi connectivity index (χ3n) is 5.23. The molecule has 7 heteroatoms. The van der Waals surface area contributed by atoms with Crippen LogP contribution >= 0.6 is 0 Å². The fraction of sp³-hybridized carbons (Fsp3) is 0.120. The second-order valence-electron chi connectivity index (χ2n) is 7.55. The van der Waals surface area contributed by atoms with Crippen LogP contribution < -0.4 is 27.0 Å². The number of benzene rings is 2. The Morgan fingerprint density at radius 3 is 1.84 bits per heavy atom. The van der Waals surface area contributed by atoms with Crippen LogP contribution in [0.1, 0.15) is 11.1 Å². The summed E-state index contributed by atoms with van der Waals surface area (Å²) in [6, 6.07) is 17.9. The Morgan fingerprint density at radius 2 is 1.22 bits per heavy atom. The van der Waals surface area contributed by atoms with Gasteiger partial charge in [0.25, 0.3) is 22.2 Å². The highest BCUT2D eigenvalue weighted by Gasteiger charge is 2.09. The molecule has 0 bridgehead atoms. The van der Waals surface area contributed by atoms with Gasteiger partial charge in [0.1, 0.15) is 11.5 Å². The lowest BCUT2D eigenvalue weighted by atomic mass is 10.2. The number of hydrogen-bond acceptors (Lipinski definition) is 5. The first kappa shape index (κ1) is 21.0.